The smallest absolute Gasteiger partial charge is 0.328 e. The molecule has 0 aromatic heterocycles. The second-order valence-corrected chi connectivity index (χ2v) is 8.98. The summed E-state index contributed by atoms with van der Waals surface area (Å²) in [5.74, 6) is -3.89. The van der Waals surface area contributed by atoms with E-state index in [0.717, 1.165) is 0 Å². The highest BCUT2D eigenvalue weighted by Gasteiger charge is 2.31. The number of aliphatic carboxylic acids is 1. The van der Waals surface area contributed by atoms with Crippen LogP contribution >= 0.6 is 0 Å². The second-order valence-electron chi connectivity index (χ2n) is 8.98. The van der Waals surface area contributed by atoms with Gasteiger partial charge in [-0.2, -0.15) is 0 Å². The minimum absolute atomic E-state index is 0.0216. The standard InChI is InChI=1S/C22H45N11O6/c1-12(34)16(20(38)39)33-19(37)15(8-5-11-30-22(27)28)32-18(36)14(7-4-10-29-21(25)26)31-17(35)13(24)6-2-3-9-23/h12-16,34H,2-11,23-24H2,1H3,(H,31,35)(H,32,36)(H,33,37)(H,38,39)(H4,25,26,29)(H4,27,28,30). The molecule has 0 aliphatic rings. The number of aliphatic hydroxyl groups excluding tert-OH is 1. The number of hydrogen-bond acceptors (Lipinski definition) is 9. The molecule has 0 aliphatic heterocycles. The molecule has 0 aliphatic carbocycles. The molecule has 0 bridgehead atoms. The number of nitrogens with two attached hydrogens (primary N) is 6. The van der Waals surface area contributed by atoms with Crippen molar-refractivity contribution in [3.8, 4) is 0 Å². The van der Waals surface area contributed by atoms with Gasteiger partial charge < -0.3 is 60.6 Å². The second kappa shape index (κ2) is 19.4. The molecule has 0 saturated heterocycles. The fourth-order valence-corrected chi connectivity index (χ4v) is 3.38. The number of amides is 3. The van der Waals surface area contributed by atoms with E-state index < -0.39 is 54.0 Å². The number of carboxylic acid groups (broad SMARTS) is 1. The summed E-state index contributed by atoms with van der Waals surface area (Å²) in [5.41, 5.74) is 32.7. The van der Waals surface area contributed by atoms with Crippen molar-refractivity contribution >= 4 is 35.6 Å². The number of carbonyl (C=O) groups is 4. The number of unbranched alkanes of at least 4 members (excludes halogenated alkanes) is 1. The lowest BCUT2D eigenvalue weighted by atomic mass is 10.0. The van der Waals surface area contributed by atoms with Crippen LogP contribution in [0.2, 0.25) is 0 Å². The van der Waals surface area contributed by atoms with E-state index in [2.05, 4.69) is 25.9 Å². The van der Waals surface area contributed by atoms with Gasteiger partial charge in [0.2, 0.25) is 17.7 Å². The molecule has 0 aromatic carbocycles. The van der Waals surface area contributed by atoms with Crippen molar-refractivity contribution in [2.45, 2.75) is 82.1 Å². The Labute approximate surface area is 227 Å². The number of nitrogens with zero attached hydrogens (tertiary/aromatic N) is 2. The number of aliphatic imine (C=N–C) groups is 2. The van der Waals surface area contributed by atoms with E-state index in [-0.39, 0.29) is 44.3 Å². The quantitative estimate of drug-likeness (QED) is 0.0381. The fraction of sp³-hybridized carbons (Fsp3) is 0.727. The maximum absolute atomic E-state index is 13.2. The van der Waals surface area contributed by atoms with Gasteiger partial charge in [0.25, 0.3) is 0 Å². The Morgan fingerprint density at radius 1 is 0.744 bits per heavy atom. The first kappa shape index (κ1) is 35.3. The van der Waals surface area contributed by atoms with Crippen LogP contribution in [0.3, 0.4) is 0 Å². The molecule has 0 fully saturated rings. The molecule has 17 heteroatoms. The van der Waals surface area contributed by atoms with Crippen LogP contribution in [0.1, 0.15) is 51.9 Å². The molecular weight excluding hydrogens is 514 g/mol. The minimum atomic E-state index is -1.61. The Bertz CT molecular complexity index is 844. The zero-order chi connectivity index (χ0) is 30.0. The van der Waals surface area contributed by atoms with Crippen LogP contribution < -0.4 is 50.4 Å². The van der Waals surface area contributed by atoms with E-state index in [4.69, 9.17) is 34.4 Å². The van der Waals surface area contributed by atoms with Gasteiger partial charge in [-0.3, -0.25) is 24.4 Å². The molecule has 0 rings (SSSR count). The van der Waals surface area contributed by atoms with Crippen molar-refractivity contribution in [2.24, 2.45) is 44.4 Å². The third-order valence-corrected chi connectivity index (χ3v) is 5.51. The van der Waals surface area contributed by atoms with Gasteiger partial charge in [0, 0.05) is 13.1 Å². The number of hydrogen-bond donors (Lipinski definition) is 11. The number of aliphatic hydroxyl groups is 1. The zero-order valence-corrected chi connectivity index (χ0v) is 22.3. The molecule has 0 spiro atoms. The molecule has 17 N–H and O–H groups in total. The van der Waals surface area contributed by atoms with Gasteiger partial charge in [0.15, 0.2) is 18.0 Å². The van der Waals surface area contributed by atoms with E-state index in [9.17, 15) is 29.4 Å². The number of carbonyl (C=O) groups excluding carboxylic acids is 3. The molecule has 0 radical (unpaired) electrons. The van der Waals surface area contributed by atoms with Crippen molar-refractivity contribution < 1.29 is 29.4 Å². The highest BCUT2D eigenvalue weighted by atomic mass is 16.4. The summed E-state index contributed by atoms with van der Waals surface area (Å²) >= 11 is 0. The van der Waals surface area contributed by atoms with E-state index >= 15 is 0 Å². The predicted octanol–water partition coefficient (Wildman–Crippen LogP) is -4.53. The highest BCUT2D eigenvalue weighted by Crippen LogP contribution is 2.06. The van der Waals surface area contributed by atoms with Crippen LogP contribution in [0.25, 0.3) is 0 Å². The molecular formula is C22H45N11O6. The highest BCUT2D eigenvalue weighted by molar-refractivity contribution is 5.94. The number of nitrogens with one attached hydrogen (secondary N) is 3. The number of rotatable bonds is 20. The summed E-state index contributed by atoms with van der Waals surface area (Å²) in [6.45, 7) is 1.97. The largest absolute Gasteiger partial charge is 0.480 e. The van der Waals surface area contributed by atoms with Gasteiger partial charge in [-0.25, -0.2) is 4.79 Å². The van der Waals surface area contributed by atoms with Crippen LogP contribution in [-0.4, -0.2) is 95.7 Å². The topological polar surface area (TPSA) is 326 Å². The summed E-state index contributed by atoms with van der Waals surface area (Å²) in [6, 6.07) is -4.84. The lowest BCUT2D eigenvalue weighted by Crippen LogP contribution is -2.58. The maximum Gasteiger partial charge on any atom is 0.328 e. The molecule has 5 atom stereocenters. The van der Waals surface area contributed by atoms with Gasteiger partial charge in [-0.15, -0.1) is 0 Å². The van der Waals surface area contributed by atoms with Crippen LogP contribution in [0.15, 0.2) is 9.98 Å². The Morgan fingerprint density at radius 3 is 1.62 bits per heavy atom. The Balaban J connectivity index is 5.70. The molecule has 39 heavy (non-hydrogen) atoms. The van der Waals surface area contributed by atoms with Gasteiger partial charge in [0.05, 0.1) is 12.1 Å². The van der Waals surface area contributed by atoms with Crippen molar-refractivity contribution in [3.05, 3.63) is 0 Å². The van der Waals surface area contributed by atoms with E-state index in [1.54, 1.807) is 0 Å². The van der Waals surface area contributed by atoms with E-state index in [1.165, 1.54) is 6.92 Å². The third-order valence-electron chi connectivity index (χ3n) is 5.51. The maximum atomic E-state index is 13.2. The summed E-state index contributed by atoms with van der Waals surface area (Å²) in [6.07, 6.45) is 0.942. The first-order chi connectivity index (χ1) is 18.3. The lowest BCUT2D eigenvalue weighted by molar-refractivity contribution is -0.145. The lowest BCUT2D eigenvalue weighted by Gasteiger charge is -2.26. The van der Waals surface area contributed by atoms with Crippen molar-refractivity contribution in [3.63, 3.8) is 0 Å². The van der Waals surface area contributed by atoms with Gasteiger partial charge >= 0.3 is 5.97 Å². The monoisotopic (exact) mass is 559 g/mol. The Kier molecular flexibility index (Phi) is 17.5. The molecule has 0 saturated carbocycles. The van der Waals surface area contributed by atoms with Gasteiger partial charge in [-0.1, -0.05) is 6.42 Å². The van der Waals surface area contributed by atoms with Gasteiger partial charge in [0.1, 0.15) is 12.1 Å². The third kappa shape index (κ3) is 16.0. The van der Waals surface area contributed by atoms with Crippen molar-refractivity contribution in [2.75, 3.05) is 19.6 Å². The normalized spacial score (nSPS) is 14.6. The SMILES string of the molecule is CC(O)C(NC(=O)C(CCCN=C(N)N)NC(=O)C(CCCN=C(N)N)NC(=O)C(N)CCCCN)C(=O)O. The Hall–Kier alpha value is -3.70. The van der Waals surface area contributed by atoms with Crippen LogP contribution in [0.5, 0.6) is 0 Å². The van der Waals surface area contributed by atoms with Crippen molar-refractivity contribution in [1.29, 1.82) is 0 Å². The molecule has 17 nitrogen and oxygen atoms in total. The zero-order valence-electron chi connectivity index (χ0n) is 22.3. The first-order valence-corrected chi connectivity index (χ1v) is 12.7. The van der Waals surface area contributed by atoms with E-state index in [1.807, 2.05) is 0 Å². The molecule has 224 valence electrons. The Morgan fingerprint density at radius 2 is 1.21 bits per heavy atom. The minimum Gasteiger partial charge on any atom is -0.480 e. The van der Waals surface area contributed by atoms with Crippen LogP contribution in [0.4, 0.5) is 0 Å². The summed E-state index contributed by atoms with van der Waals surface area (Å²) in [5, 5.41) is 26.4. The van der Waals surface area contributed by atoms with Crippen molar-refractivity contribution in [1.82, 2.24) is 16.0 Å². The molecule has 0 aromatic rings. The van der Waals surface area contributed by atoms with Crippen LogP contribution in [0, 0.1) is 0 Å². The first-order valence-electron chi connectivity index (χ1n) is 12.7. The predicted molar refractivity (Wildman–Crippen MR) is 146 cm³/mol. The van der Waals surface area contributed by atoms with Gasteiger partial charge in [-0.05, 0) is 52.0 Å². The molecule has 5 unspecified atom stereocenters. The summed E-state index contributed by atoms with van der Waals surface area (Å²) < 4.78 is 0. The summed E-state index contributed by atoms with van der Waals surface area (Å²) in [7, 11) is 0. The number of carboxylic acids is 1. The van der Waals surface area contributed by atoms with Crippen LogP contribution in [-0.2, 0) is 19.2 Å². The molecule has 0 heterocycles. The summed E-state index contributed by atoms with van der Waals surface area (Å²) in [4.78, 5) is 57.9. The van der Waals surface area contributed by atoms with E-state index in [0.29, 0.717) is 32.2 Å². The average molecular weight is 560 g/mol. The molecule has 3 amide bonds. The number of guanidine groups is 2. The average Bonchev–Trinajstić information content (AvgIpc) is 2.84. The fourth-order valence-electron chi connectivity index (χ4n) is 3.38.